The number of halogens is 4. The van der Waals surface area contributed by atoms with Crippen molar-refractivity contribution in [2.24, 2.45) is 0 Å². The van der Waals surface area contributed by atoms with Gasteiger partial charge in [-0.1, -0.05) is 70.7 Å². The summed E-state index contributed by atoms with van der Waals surface area (Å²) in [5.41, 5.74) is -0.0897. The van der Waals surface area contributed by atoms with Crippen molar-refractivity contribution in [2.45, 2.75) is 9.96 Å². The Balaban J connectivity index is 2.16. The van der Waals surface area contributed by atoms with Crippen molar-refractivity contribution in [1.29, 1.82) is 0 Å². The molecule has 0 saturated heterocycles. The summed E-state index contributed by atoms with van der Waals surface area (Å²) in [6.45, 7) is 0. The highest BCUT2D eigenvalue weighted by atomic mass is 35.6. The van der Waals surface area contributed by atoms with Crippen LogP contribution in [0.25, 0.3) is 0 Å². The van der Waals surface area contributed by atoms with Crippen LogP contribution in [0, 0.1) is 10.1 Å². The van der Waals surface area contributed by atoms with Gasteiger partial charge in [0.05, 0.1) is 15.6 Å². The lowest BCUT2D eigenvalue weighted by molar-refractivity contribution is -0.385. The molecule has 2 aromatic carbocycles. The standard InChI is InChI=1S/C16H12Cl4N4O3S/c17-10-6-2-3-7-11(10)21-15(28)23-14(16(18,19)20)22-13(25)9-5-1-4-8-12(9)24(26)27/h1-8,14H,(H,22,25)(H2,21,23,28)/t14-/m1/s1. The number of rotatable bonds is 5. The van der Waals surface area contributed by atoms with Crippen LogP contribution in [-0.2, 0) is 0 Å². The summed E-state index contributed by atoms with van der Waals surface area (Å²) in [6, 6.07) is 12.2. The lowest BCUT2D eigenvalue weighted by Gasteiger charge is -2.27. The second-order valence-corrected chi connectivity index (χ2v) is 8.49. The topological polar surface area (TPSA) is 96.3 Å². The maximum absolute atomic E-state index is 12.5. The second kappa shape index (κ2) is 9.58. The number of amides is 1. The monoisotopic (exact) mass is 480 g/mol. The first-order valence-corrected chi connectivity index (χ1v) is 9.44. The van der Waals surface area contributed by atoms with E-state index in [0.717, 1.165) is 0 Å². The number of thiocarbonyl (C=S) groups is 1. The summed E-state index contributed by atoms with van der Waals surface area (Å²) in [5, 5.41) is 19.4. The van der Waals surface area contributed by atoms with Gasteiger partial charge in [0.2, 0.25) is 3.79 Å². The molecule has 0 bridgehead atoms. The number of nitro groups is 1. The zero-order valence-electron chi connectivity index (χ0n) is 13.8. The number of carbonyl (C=O) groups excluding carboxylic acids is 1. The van der Waals surface area contributed by atoms with Crippen molar-refractivity contribution in [3.63, 3.8) is 0 Å². The molecule has 1 atom stereocenters. The van der Waals surface area contributed by atoms with Gasteiger partial charge in [0, 0.05) is 6.07 Å². The fraction of sp³-hybridized carbons (Fsp3) is 0.125. The number of para-hydroxylation sites is 2. The van der Waals surface area contributed by atoms with Crippen molar-refractivity contribution in [1.82, 2.24) is 10.6 Å². The van der Waals surface area contributed by atoms with E-state index in [-0.39, 0.29) is 16.4 Å². The number of nitrogens with one attached hydrogen (secondary N) is 3. The van der Waals surface area contributed by atoms with Gasteiger partial charge in [-0.05, 0) is 30.4 Å². The first-order chi connectivity index (χ1) is 13.1. The van der Waals surface area contributed by atoms with E-state index in [1.807, 2.05) is 0 Å². The van der Waals surface area contributed by atoms with E-state index in [9.17, 15) is 14.9 Å². The summed E-state index contributed by atoms with van der Waals surface area (Å²) in [7, 11) is 0. The van der Waals surface area contributed by atoms with Crippen LogP contribution in [0.4, 0.5) is 11.4 Å². The first kappa shape index (κ1) is 22.4. The minimum Gasteiger partial charge on any atom is -0.339 e. The van der Waals surface area contributed by atoms with Crippen molar-refractivity contribution in [2.75, 3.05) is 5.32 Å². The molecular formula is C16H12Cl4N4O3S. The first-order valence-electron chi connectivity index (χ1n) is 7.52. The third-order valence-corrected chi connectivity index (χ3v) is 4.55. The van der Waals surface area contributed by atoms with E-state index in [1.165, 1.54) is 24.3 Å². The van der Waals surface area contributed by atoms with Crippen LogP contribution in [0.2, 0.25) is 5.02 Å². The molecule has 2 aromatic rings. The third kappa shape index (κ3) is 6.08. The van der Waals surface area contributed by atoms with Gasteiger partial charge in [0.15, 0.2) is 5.11 Å². The Hall–Kier alpha value is -1.84. The molecule has 0 fully saturated rings. The molecule has 12 heteroatoms. The van der Waals surface area contributed by atoms with Gasteiger partial charge in [-0.2, -0.15) is 0 Å². The van der Waals surface area contributed by atoms with Crippen LogP contribution in [0.5, 0.6) is 0 Å². The zero-order chi connectivity index (χ0) is 20.9. The van der Waals surface area contributed by atoms with Crippen molar-refractivity contribution < 1.29 is 9.72 Å². The van der Waals surface area contributed by atoms with Crippen LogP contribution < -0.4 is 16.0 Å². The van der Waals surface area contributed by atoms with Crippen LogP contribution >= 0.6 is 58.6 Å². The Labute approximate surface area is 185 Å². The Kier molecular flexibility index (Phi) is 7.68. The highest BCUT2D eigenvalue weighted by molar-refractivity contribution is 7.80. The fourth-order valence-electron chi connectivity index (χ4n) is 2.09. The number of benzene rings is 2. The van der Waals surface area contributed by atoms with Crippen LogP contribution in [0.3, 0.4) is 0 Å². The summed E-state index contributed by atoms with van der Waals surface area (Å²) in [4.78, 5) is 22.9. The second-order valence-electron chi connectivity index (χ2n) is 5.30. The zero-order valence-corrected chi connectivity index (χ0v) is 17.6. The molecule has 0 heterocycles. The minimum atomic E-state index is -2.02. The summed E-state index contributed by atoms with van der Waals surface area (Å²) < 4.78 is -2.02. The average Bonchev–Trinajstić information content (AvgIpc) is 2.62. The summed E-state index contributed by atoms with van der Waals surface area (Å²) in [6.07, 6.45) is -1.30. The molecule has 0 radical (unpaired) electrons. The number of alkyl halides is 3. The van der Waals surface area contributed by atoms with Gasteiger partial charge >= 0.3 is 0 Å². The Bertz CT molecular complexity index is 907. The Morgan fingerprint density at radius 1 is 1.07 bits per heavy atom. The van der Waals surface area contributed by atoms with E-state index in [2.05, 4.69) is 16.0 Å². The van der Waals surface area contributed by atoms with Gasteiger partial charge < -0.3 is 16.0 Å². The van der Waals surface area contributed by atoms with Crippen LogP contribution in [0.1, 0.15) is 10.4 Å². The van der Waals surface area contributed by atoms with E-state index in [4.69, 9.17) is 58.6 Å². The maximum Gasteiger partial charge on any atom is 0.282 e. The van der Waals surface area contributed by atoms with E-state index < -0.39 is 20.8 Å². The molecule has 1 amide bonds. The number of nitrogens with zero attached hydrogens (tertiary/aromatic N) is 1. The minimum absolute atomic E-state index is 0.00675. The number of anilines is 1. The third-order valence-electron chi connectivity index (χ3n) is 3.35. The van der Waals surface area contributed by atoms with E-state index in [1.54, 1.807) is 24.3 Å². The Morgan fingerprint density at radius 2 is 1.68 bits per heavy atom. The van der Waals surface area contributed by atoms with Gasteiger partial charge in [0.25, 0.3) is 11.6 Å². The average molecular weight is 482 g/mol. The number of hydrogen-bond donors (Lipinski definition) is 3. The van der Waals surface area contributed by atoms with Gasteiger partial charge in [0.1, 0.15) is 11.7 Å². The Morgan fingerprint density at radius 3 is 2.29 bits per heavy atom. The maximum atomic E-state index is 12.5. The number of hydrogen-bond acceptors (Lipinski definition) is 4. The molecule has 0 unspecified atom stereocenters. The lowest BCUT2D eigenvalue weighted by atomic mass is 10.1. The summed E-state index contributed by atoms with van der Waals surface area (Å²) >= 11 is 29.0. The molecule has 3 N–H and O–H groups in total. The molecule has 0 aliphatic carbocycles. The van der Waals surface area contributed by atoms with Crippen molar-refractivity contribution >= 4 is 81.0 Å². The smallest absolute Gasteiger partial charge is 0.282 e. The molecule has 28 heavy (non-hydrogen) atoms. The number of nitro benzene ring substituents is 1. The van der Waals surface area contributed by atoms with Crippen molar-refractivity contribution in [3.8, 4) is 0 Å². The van der Waals surface area contributed by atoms with Gasteiger partial charge in [-0.15, -0.1) is 0 Å². The molecule has 148 valence electrons. The quantitative estimate of drug-likeness (QED) is 0.189. The predicted octanol–water partition coefficient (Wildman–Crippen LogP) is 4.66. The van der Waals surface area contributed by atoms with Crippen LogP contribution in [-0.4, -0.2) is 25.9 Å². The molecule has 0 aliphatic rings. The van der Waals surface area contributed by atoms with Crippen molar-refractivity contribution in [3.05, 3.63) is 69.2 Å². The normalized spacial score (nSPS) is 12.0. The largest absolute Gasteiger partial charge is 0.339 e. The molecule has 0 aromatic heterocycles. The summed E-state index contributed by atoms with van der Waals surface area (Å²) in [5.74, 6) is -0.823. The van der Waals surface area contributed by atoms with Gasteiger partial charge in [-0.3, -0.25) is 14.9 Å². The highest BCUT2D eigenvalue weighted by Crippen LogP contribution is 2.30. The highest BCUT2D eigenvalue weighted by Gasteiger charge is 2.36. The van der Waals surface area contributed by atoms with E-state index >= 15 is 0 Å². The predicted molar refractivity (Wildman–Crippen MR) is 115 cm³/mol. The molecular weight excluding hydrogens is 470 g/mol. The fourth-order valence-corrected chi connectivity index (χ4v) is 2.82. The lowest BCUT2D eigenvalue weighted by Crippen LogP contribution is -2.56. The van der Waals surface area contributed by atoms with E-state index in [0.29, 0.717) is 10.7 Å². The molecule has 0 aliphatic heterocycles. The molecule has 7 nitrogen and oxygen atoms in total. The van der Waals surface area contributed by atoms with Gasteiger partial charge in [-0.25, -0.2) is 0 Å². The molecule has 2 rings (SSSR count). The number of carbonyl (C=O) groups is 1. The van der Waals surface area contributed by atoms with Crippen LogP contribution in [0.15, 0.2) is 48.5 Å². The molecule has 0 saturated carbocycles. The molecule has 0 spiro atoms. The SMILES string of the molecule is O=C(N[C@H](NC(=S)Nc1ccccc1Cl)C(Cl)(Cl)Cl)c1ccccc1[N+](=O)[O-].